The van der Waals surface area contributed by atoms with Crippen molar-refractivity contribution in [3.05, 3.63) is 34.1 Å². The Labute approximate surface area is 96.3 Å². The maximum Gasteiger partial charge on any atom is 0.314 e. The number of halogens is 1. The van der Waals surface area contributed by atoms with E-state index >= 15 is 0 Å². The summed E-state index contributed by atoms with van der Waals surface area (Å²) in [6.45, 7) is 1.60. The highest BCUT2D eigenvalue weighted by atomic mass is 19.1. The zero-order valence-electron chi connectivity index (χ0n) is 9.05. The summed E-state index contributed by atoms with van der Waals surface area (Å²) in [4.78, 5) is 20.8. The van der Waals surface area contributed by atoms with Crippen molar-refractivity contribution in [1.29, 1.82) is 0 Å². The van der Waals surface area contributed by atoms with E-state index < -0.39 is 34.2 Å². The molecule has 2 N–H and O–H groups in total. The van der Waals surface area contributed by atoms with Crippen LogP contribution in [0.3, 0.4) is 0 Å². The van der Waals surface area contributed by atoms with Crippen molar-refractivity contribution in [2.24, 2.45) is 5.73 Å². The number of benzene rings is 1. The lowest BCUT2D eigenvalue weighted by atomic mass is 10.2. The van der Waals surface area contributed by atoms with E-state index in [1.165, 1.54) is 6.07 Å². The second-order valence-corrected chi connectivity index (χ2v) is 3.26. The number of hydrogen-bond acceptors (Lipinski definition) is 4. The average Bonchev–Trinajstić information content (AvgIpc) is 2.26. The van der Waals surface area contributed by atoms with Crippen LogP contribution in [0.4, 0.5) is 10.1 Å². The smallest absolute Gasteiger partial charge is 0.314 e. The Bertz CT molecular complexity index is 450. The van der Waals surface area contributed by atoms with Crippen LogP contribution >= 0.6 is 0 Å². The third-order valence-corrected chi connectivity index (χ3v) is 2.09. The number of nitrogens with two attached hydrogens (primary N) is 1. The Hall–Kier alpha value is -2.18. The number of rotatable bonds is 5. The van der Waals surface area contributed by atoms with Crippen molar-refractivity contribution in [2.45, 2.75) is 19.4 Å². The minimum atomic E-state index is -1.09. The first-order valence-electron chi connectivity index (χ1n) is 4.86. The summed E-state index contributed by atoms with van der Waals surface area (Å²) in [6, 6.07) is 3.29. The molecule has 17 heavy (non-hydrogen) atoms. The van der Waals surface area contributed by atoms with Gasteiger partial charge in [0, 0.05) is 6.07 Å². The van der Waals surface area contributed by atoms with Crippen LogP contribution < -0.4 is 10.5 Å². The van der Waals surface area contributed by atoms with Crippen LogP contribution in [-0.2, 0) is 4.79 Å². The molecule has 0 bridgehead atoms. The van der Waals surface area contributed by atoms with E-state index in [2.05, 4.69) is 0 Å². The molecule has 0 radical (unpaired) electrons. The minimum Gasteiger partial charge on any atom is -0.471 e. The third kappa shape index (κ3) is 2.90. The average molecular weight is 242 g/mol. The molecule has 0 aliphatic heterocycles. The Balaban J connectivity index is 3.12. The normalized spacial score (nSPS) is 11.9. The molecule has 0 aliphatic rings. The van der Waals surface area contributed by atoms with Crippen LogP contribution in [0, 0.1) is 15.9 Å². The molecule has 1 unspecified atom stereocenters. The SMILES string of the molecule is CCC(Oc1c(F)cccc1[N+](=O)[O-])C(N)=O. The Morgan fingerprint density at radius 2 is 2.29 bits per heavy atom. The van der Waals surface area contributed by atoms with Gasteiger partial charge < -0.3 is 10.5 Å². The van der Waals surface area contributed by atoms with Gasteiger partial charge in [0.15, 0.2) is 11.9 Å². The van der Waals surface area contributed by atoms with E-state index in [1.807, 2.05) is 0 Å². The molecule has 1 atom stereocenters. The van der Waals surface area contributed by atoms with Crippen molar-refractivity contribution < 1.29 is 18.8 Å². The lowest BCUT2D eigenvalue weighted by Crippen LogP contribution is -2.33. The van der Waals surface area contributed by atoms with E-state index in [4.69, 9.17) is 10.5 Å². The topological polar surface area (TPSA) is 95.5 Å². The second-order valence-electron chi connectivity index (χ2n) is 3.26. The molecule has 0 fully saturated rings. The second kappa shape index (κ2) is 5.24. The predicted octanol–water partition coefficient (Wildman–Crippen LogP) is 1.38. The molecule has 92 valence electrons. The zero-order chi connectivity index (χ0) is 13.0. The van der Waals surface area contributed by atoms with Gasteiger partial charge in [-0.15, -0.1) is 0 Å². The molecular formula is C10H11FN2O4. The predicted molar refractivity (Wildman–Crippen MR) is 57.0 cm³/mol. The maximum absolute atomic E-state index is 13.4. The van der Waals surface area contributed by atoms with Crippen molar-refractivity contribution in [3.8, 4) is 5.75 Å². The van der Waals surface area contributed by atoms with Gasteiger partial charge in [0.2, 0.25) is 5.75 Å². The van der Waals surface area contributed by atoms with Gasteiger partial charge in [0.05, 0.1) is 4.92 Å². The van der Waals surface area contributed by atoms with Gasteiger partial charge in [-0.1, -0.05) is 13.0 Å². The molecule has 6 nitrogen and oxygen atoms in total. The Morgan fingerprint density at radius 1 is 1.65 bits per heavy atom. The zero-order valence-corrected chi connectivity index (χ0v) is 9.05. The maximum atomic E-state index is 13.4. The molecule has 1 aromatic carbocycles. The highest BCUT2D eigenvalue weighted by molar-refractivity contribution is 5.79. The first kappa shape index (κ1) is 12.9. The van der Waals surface area contributed by atoms with Gasteiger partial charge in [0.1, 0.15) is 0 Å². The lowest BCUT2D eigenvalue weighted by molar-refractivity contribution is -0.386. The van der Waals surface area contributed by atoms with E-state index in [-0.39, 0.29) is 6.42 Å². The van der Waals surface area contributed by atoms with Crippen molar-refractivity contribution in [3.63, 3.8) is 0 Å². The fourth-order valence-corrected chi connectivity index (χ4v) is 1.24. The van der Waals surface area contributed by atoms with Gasteiger partial charge in [-0.2, -0.15) is 0 Å². The molecule has 1 amide bonds. The van der Waals surface area contributed by atoms with Crippen molar-refractivity contribution in [2.75, 3.05) is 0 Å². The molecule has 1 rings (SSSR count). The first-order valence-corrected chi connectivity index (χ1v) is 4.86. The number of nitro groups is 1. The van der Waals surface area contributed by atoms with Gasteiger partial charge in [-0.05, 0) is 12.5 Å². The number of ether oxygens (including phenoxy) is 1. The number of carbonyl (C=O) groups is 1. The monoisotopic (exact) mass is 242 g/mol. The summed E-state index contributed by atoms with van der Waals surface area (Å²) >= 11 is 0. The number of primary amides is 1. The highest BCUT2D eigenvalue weighted by Gasteiger charge is 2.24. The number of para-hydroxylation sites is 1. The van der Waals surface area contributed by atoms with Crippen LogP contribution in [0.2, 0.25) is 0 Å². The van der Waals surface area contributed by atoms with Crippen molar-refractivity contribution >= 4 is 11.6 Å². The summed E-state index contributed by atoms with van der Waals surface area (Å²) in [5.74, 6) is -2.27. The lowest BCUT2D eigenvalue weighted by Gasteiger charge is -2.14. The summed E-state index contributed by atoms with van der Waals surface area (Å²) in [6.07, 6.45) is -0.897. The number of amides is 1. The van der Waals surface area contributed by atoms with Gasteiger partial charge in [0.25, 0.3) is 5.91 Å². The molecule has 1 aromatic rings. The summed E-state index contributed by atoms with van der Waals surface area (Å²) < 4.78 is 18.3. The highest BCUT2D eigenvalue weighted by Crippen LogP contribution is 2.30. The van der Waals surface area contributed by atoms with Gasteiger partial charge in [-0.25, -0.2) is 4.39 Å². The Morgan fingerprint density at radius 3 is 2.76 bits per heavy atom. The van der Waals surface area contributed by atoms with Gasteiger partial charge in [-0.3, -0.25) is 14.9 Å². The quantitative estimate of drug-likeness (QED) is 0.623. The van der Waals surface area contributed by atoms with E-state index in [0.717, 1.165) is 12.1 Å². The number of nitrogens with zero attached hydrogens (tertiary/aromatic N) is 1. The number of hydrogen-bond donors (Lipinski definition) is 1. The molecule has 7 heteroatoms. The van der Waals surface area contributed by atoms with Crippen LogP contribution in [0.1, 0.15) is 13.3 Å². The fourth-order valence-electron chi connectivity index (χ4n) is 1.24. The van der Waals surface area contributed by atoms with Crippen molar-refractivity contribution in [1.82, 2.24) is 0 Å². The Kier molecular flexibility index (Phi) is 3.97. The molecule has 0 heterocycles. The standard InChI is InChI=1S/C10H11FN2O4/c1-2-8(10(12)14)17-9-6(11)4-3-5-7(9)13(15)16/h3-5,8H,2H2,1H3,(H2,12,14). The fraction of sp³-hybridized carbons (Fsp3) is 0.300. The van der Waals surface area contributed by atoms with Crippen LogP contribution in [0.15, 0.2) is 18.2 Å². The molecule has 0 aromatic heterocycles. The number of carbonyl (C=O) groups excluding carboxylic acids is 1. The summed E-state index contributed by atoms with van der Waals surface area (Å²) in [7, 11) is 0. The first-order chi connectivity index (χ1) is 7.97. The molecule has 0 spiro atoms. The summed E-state index contributed by atoms with van der Waals surface area (Å²) in [5, 5.41) is 10.7. The molecule has 0 saturated carbocycles. The van der Waals surface area contributed by atoms with Crippen LogP contribution in [0.5, 0.6) is 5.75 Å². The summed E-state index contributed by atoms with van der Waals surface area (Å²) in [5.41, 5.74) is 4.48. The van der Waals surface area contributed by atoms with Crippen LogP contribution in [-0.4, -0.2) is 16.9 Å². The van der Waals surface area contributed by atoms with E-state index in [0.29, 0.717) is 0 Å². The molecule has 0 saturated heterocycles. The molecular weight excluding hydrogens is 231 g/mol. The minimum absolute atomic E-state index is 0.195. The van der Waals surface area contributed by atoms with E-state index in [9.17, 15) is 19.3 Å². The largest absolute Gasteiger partial charge is 0.471 e. The van der Waals surface area contributed by atoms with Crippen LogP contribution in [0.25, 0.3) is 0 Å². The van der Waals surface area contributed by atoms with E-state index in [1.54, 1.807) is 6.92 Å². The number of nitro benzene ring substituents is 1. The van der Waals surface area contributed by atoms with Gasteiger partial charge >= 0.3 is 5.69 Å². The third-order valence-electron chi connectivity index (χ3n) is 2.09. The molecule has 0 aliphatic carbocycles.